The van der Waals surface area contributed by atoms with Gasteiger partial charge in [0.15, 0.2) is 0 Å². The van der Waals surface area contributed by atoms with Crippen LogP contribution < -0.4 is 10.6 Å². The second-order valence-corrected chi connectivity index (χ2v) is 11.1. The highest BCUT2D eigenvalue weighted by atomic mass is 16.2. The van der Waals surface area contributed by atoms with Crippen molar-refractivity contribution >= 4 is 29.3 Å². The number of nitrogens with zero attached hydrogens (tertiary/aromatic N) is 1. The minimum absolute atomic E-state index is 0.120. The number of rotatable bonds is 13. The van der Waals surface area contributed by atoms with Gasteiger partial charge in [-0.2, -0.15) is 0 Å². The molecule has 2 aliphatic heterocycles. The van der Waals surface area contributed by atoms with Crippen LogP contribution in [0.25, 0.3) is 0 Å². The molecule has 0 radical (unpaired) electrons. The van der Waals surface area contributed by atoms with E-state index in [4.69, 9.17) is 0 Å². The molecule has 0 bridgehead atoms. The van der Waals surface area contributed by atoms with Crippen molar-refractivity contribution in [2.75, 3.05) is 11.9 Å². The highest BCUT2D eigenvalue weighted by Gasteiger charge is 2.45. The summed E-state index contributed by atoms with van der Waals surface area (Å²) in [5, 5.41) is 5.58. The van der Waals surface area contributed by atoms with Crippen LogP contribution >= 0.6 is 0 Å². The zero-order chi connectivity index (χ0) is 26.0. The molecule has 1 aromatic carbocycles. The number of imide groups is 2. The predicted octanol–water partition coefficient (Wildman–Crippen LogP) is 5.98. The van der Waals surface area contributed by atoms with Gasteiger partial charge >= 0.3 is 0 Å². The third-order valence-corrected chi connectivity index (χ3v) is 8.30. The SMILES string of the molecule is O=C1CCC(N2C(=O)c3cccc(NCCCCCCCCCCC4CCCCCC4)c3C2=O)C(=O)N1. The van der Waals surface area contributed by atoms with Gasteiger partial charge in [0.1, 0.15) is 6.04 Å². The fourth-order valence-corrected chi connectivity index (χ4v) is 6.16. The normalized spacial score (nSPS) is 20.6. The van der Waals surface area contributed by atoms with Crippen molar-refractivity contribution in [2.45, 2.75) is 115 Å². The van der Waals surface area contributed by atoms with E-state index >= 15 is 0 Å². The molecule has 1 saturated heterocycles. The Morgan fingerprint density at radius 2 is 1.46 bits per heavy atom. The zero-order valence-electron chi connectivity index (χ0n) is 22.2. The topological polar surface area (TPSA) is 95.6 Å². The van der Waals surface area contributed by atoms with Gasteiger partial charge in [0.2, 0.25) is 11.8 Å². The molecule has 7 heteroatoms. The summed E-state index contributed by atoms with van der Waals surface area (Å²) in [6, 6.07) is 4.27. The summed E-state index contributed by atoms with van der Waals surface area (Å²) in [5.74, 6) is -0.885. The van der Waals surface area contributed by atoms with Gasteiger partial charge in [0.05, 0.1) is 11.1 Å². The van der Waals surface area contributed by atoms with E-state index < -0.39 is 23.8 Å². The first-order valence-electron chi connectivity index (χ1n) is 14.6. The van der Waals surface area contributed by atoms with Crippen molar-refractivity contribution in [2.24, 2.45) is 5.92 Å². The van der Waals surface area contributed by atoms with Crippen LogP contribution in [0.4, 0.5) is 5.69 Å². The van der Waals surface area contributed by atoms with E-state index in [1.165, 1.54) is 83.5 Å². The average molecular weight is 510 g/mol. The number of piperidine rings is 1. The van der Waals surface area contributed by atoms with E-state index in [1.807, 2.05) is 6.07 Å². The van der Waals surface area contributed by atoms with Crippen molar-refractivity contribution in [3.8, 4) is 0 Å². The Hall–Kier alpha value is -2.70. The monoisotopic (exact) mass is 509 g/mol. The molecule has 1 saturated carbocycles. The van der Waals surface area contributed by atoms with Gasteiger partial charge in [-0.25, -0.2) is 0 Å². The van der Waals surface area contributed by atoms with Crippen LogP contribution in [-0.2, 0) is 9.59 Å². The standard InChI is InChI=1S/C30H43N3O4/c34-26-20-19-25(28(35)32-26)33-29(36)23-17-13-18-24(27(23)30(33)37)31-21-12-8-4-2-1-3-5-9-14-22-15-10-6-7-11-16-22/h13,17-18,22,25,31H,1-12,14-16,19-21H2,(H,32,34,35). The molecular formula is C30H43N3O4. The number of carbonyl (C=O) groups is 4. The highest BCUT2D eigenvalue weighted by Crippen LogP contribution is 2.32. The summed E-state index contributed by atoms with van der Waals surface area (Å²) in [5.41, 5.74) is 1.29. The van der Waals surface area contributed by atoms with Crippen LogP contribution in [0, 0.1) is 5.92 Å². The average Bonchev–Trinajstić information content (AvgIpc) is 3.04. The number of amides is 4. The molecule has 2 fully saturated rings. The van der Waals surface area contributed by atoms with Crippen LogP contribution in [0.2, 0.25) is 0 Å². The molecule has 0 spiro atoms. The summed E-state index contributed by atoms with van der Waals surface area (Å²) in [7, 11) is 0. The third-order valence-electron chi connectivity index (χ3n) is 8.30. The van der Waals surface area contributed by atoms with E-state index in [0.29, 0.717) is 16.8 Å². The first kappa shape index (κ1) is 27.3. The number of benzene rings is 1. The first-order chi connectivity index (χ1) is 18.1. The predicted molar refractivity (Wildman–Crippen MR) is 144 cm³/mol. The number of hydrogen-bond donors (Lipinski definition) is 2. The highest BCUT2D eigenvalue weighted by molar-refractivity contribution is 6.25. The molecule has 1 aliphatic carbocycles. The lowest BCUT2D eigenvalue weighted by molar-refractivity contribution is -0.136. The van der Waals surface area contributed by atoms with Crippen LogP contribution in [0.15, 0.2) is 18.2 Å². The quantitative estimate of drug-likeness (QED) is 0.194. The van der Waals surface area contributed by atoms with Crippen LogP contribution in [-0.4, -0.2) is 41.1 Å². The Bertz CT molecular complexity index is 968. The third kappa shape index (κ3) is 7.20. The van der Waals surface area contributed by atoms with Crippen molar-refractivity contribution in [3.05, 3.63) is 29.3 Å². The minimum Gasteiger partial charge on any atom is -0.384 e. The van der Waals surface area contributed by atoms with Crippen LogP contribution in [0.3, 0.4) is 0 Å². The van der Waals surface area contributed by atoms with E-state index in [1.54, 1.807) is 12.1 Å². The van der Waals surface area contributed by atoms with E-state index in [0.717, 1.165) is 30.2 Å². The molecular weight excluding hydrogens is 466 g/mol. The number of carbonyl (C=O) groups excluding carboxylic acids is 4. The van der Waals surface area contributed by atoms with E-state index in [2.05, 4.69) is 10.6 Å². The molecule has 1 aromatic rings. The maximum atomic E-state index is 13.1. The molecule has 2 heterocycles. The molecule has 4 amide bonds. The Morgan fingerprint density at radius 1 is 0.784 bits per heavy atom. The van der Waals surface area contributed by atoms with Gasteiger partial charge in [-0.05, 0) is 30.9 Å². The second-order valence-electron chi connectivity index (χ2n) is 11.1. The fourth-order valence-electron chi connectivity index (χ4n) is 6.16. The Kier molecular flexibility index (Phi) is 10.1. The minimum atomic E-state index is -0.935. The number of unbranched alkanes of at least 4 members (excludes halogenated alkanes) is 7. The van der Waals surface area contributed by atoms with Crippen LogP contribution in [0.1, 0.15) is 130 Å². The van der Waals surface area contributed by atoms with Gasteiger partial charge in [0.25, 0.3) is 11.8 Å². The summed E-state index contributed by atoms with van der Waals surface area (Å²) in [4.78, 5) is 50.8. The van der Waals surface area contributed by atoms with Crippen molar-refractivity contribution < 1.29 is 19.2 Å². The molecule has 1 atom stereocenters. The van der Waals surface area contributed by atoms with Crippen molar-refractivity contribution in [3.63, 3.8) is 0 Å². The Labute approximate surface area is 221 Å². The molecule has 1 unspecified atom stereocenters. The molecule has 2 N–H and O–H groups in total. The van der Waals surface area contributed by atoms with Gasteiger partial charge in [-0.1, -0.05) is 96.0 Å². The summed E-state index contributed by atoms with van der Waals surface area (Å²) in [6.45, 7) is 0.734. The van der Waals surface area contributed by atoms with Crippen LogP contribution in [0.5, 0.6) is 0 Å². The van der Waals surface area contributed by atoms with E-state index in [9.17, 15) is 19.2 Å². The summed E-state index contributed by atoms with van der Waals surface area (Å²) < 4.78 is 0. The van der Waals surface area contributed by atoms with E-state index in [-0.39, 0.29) is 18.7 Å². The van der Waals surface area contributed by atoms with Gasteiger partial charge in [-0.3, -0.25) is 29.4 Å². The first-order valence-corrected chi connectivity index (χ1v) is 14.6. The molecule has 202 valence electrons. The lowest BCUT2D eigenvalue weighted by atomic mass is 9.93. The summed E-state index contributed by atoms with van der Waals surface area (Å²) in [6.07, 6.45) is 20.5. The number of anilines is 1. The van der Waals surface area contributed by atoms with Crippen molar-refractivity contribution in [1.29, 1.82) is 0 Å². The van der Waals surface area contributed by atoms with Gasteiger partial charge < -0.3 is 5.32 Å². The maximum Gasteiger partial charge on any atom is 0.264 e. The molecule has 7 nitrogen and oxygen atoms in total. The smallest absolute Gasteiger partial charge is 0.264 e. The molecule has 3 aliphatic rings. The number of hydrogen-bond acceptors (Lipinski definition) is 5. The summed E-state index contributed by atoms with van der Waals surface area (Å²) >= 11 is 0. The second kappa shape index (κ2) is 13.7. The lowest BCUT2D eigenvalue weighted by Gasteiger charge is -2.27. The number of fused-ring (bicyclic) bond motifs is 1. The van der Waals surface area contributed by atoms with Gasteiger partial charge in [0, 0.05) is 18.7 Å². The largest absolute Gasteiger partial charge is 0.384 e. The molecule has 37 heavy (non-hydrogen) atoms. The Morgan fingerprint density at radius 3 is 2.16 bits per heavy atom. The van der Waals surface area contributed by atoms with Gasteiger partial charge in [-0.15, -0.1) is 0 Å². The number of nitrogens with one attached hydrogen (secondary N) is 2. The van der Waals surface area contributed by atoms with Crippen molar-refractivity contribution in [1.82, 2.24) is 10.2 Å². The lowest BCUT2D eigenvalue weighted by Crippen LogP contribution is -2.54. The zero-order valence-corrected chi connectivity index (χ0v) is 22.2. The molecule has 4 rings (SSSR count). The maximum absolute atomic E-state index is 13.1. The molecule has 0 aromatic heterocycles. The Balaban J connectivity index is 1.12. The fraction of sp³-hybridized carbons (Fsp3) is 0.667.